The van der Waals surface area contributed by atoms with Gasteiger partial charge in [0.1, 0.15) is 11.5 Å². The monoisotopic (exact) mass is 276 g/mol. The van der Waals surface area contributed by atoms with Crippen LogP contribution >= 0.6 is 23.5 Å². The highest BCUT2D eigenvalue weighted by Gasteiger charge is 2.22. The fraction of sp³-hybridized carbons (Fsp3) is 0.143. The lowest BCUT2D eigenvalue weighted by atomic mass is 10.3. The first kappa shape index (κ1) is 11.8. The van der Waals surface area contributed by atoms with Gasteiger partial charge in [0.25, 0.3) is 0 Å². The van der Waals surface area contributed by atoms with Crippen LogP contribution in [0.25, 0.3) is 0 Å². The zero-order valence-electron chi connectivity index (χ0n) is 10.1. The predicted molar refractivity (Wildman–Crippen MR) is 74.2 cm³/mol. The number of ether oxygens (including phenoxy) is 2. The van der Waals surface area contributed by atoms with E-state index in [0.29, 0.717) is 0 Å². The molecule has 0 saturated carbocycles. The van der Waals surface area contributed by atoms with Gasteiger partial charge in [0.15, 0.2) is 0 Å². The molecule has 1 aliphatic heterocycles. The van der Waals surface area contributed by atoms with Crippen LogP contribution in [-0.4, -0.2) is 14.2 Å². The van der Waals surface area contributed by atoms with Crippen molar-refractivity contribution < 1.29 is 9.47 Å². The Morgan fingerprint density at radius 3 is 1.56 bits per heavy atom. The second-order valence-corrected chi connectivity index (χ2v) is 5.88. The molecule has 0 radical (unpaired) electrons. The molecule has 2 aromatic carbocycles. The molecule has 18 heavy (non-hydrogen) atoms. The Hall–Kier alpha value is -1.26. The van der Waals surface area contributed by atoms with Crippen molar-refractivity contribution in [3.05, 3.63) is 36.4 Å². The average molecular weight is 276 g/mol. The Morgan fingerprint density at radius 1 is 0.722 bits per heavy atom. The smallest absolute Gasteiger partial charge is 0.133 e. The number of rotatable bonds is 2. The maximum atomic E-state index is 5.42. The summed E-state index contributed by atoms with van der Waals surface area (Å²) in [6, 6.07) is 12.3. The molecular formula is C14H12O2S2. The van der Waals surface area contributed by atoms with Gasteiger partial charge in [-0.05, 0) is 24.3 Å². The fourth-order valence-electron chi connectivity index (χ4n) is 1.89. The van der Waals surface area contributed by atoms with E-state index in [2.05, 4.69) is 12.1 Å². The Bertz CT molecular complexity index is 543. The van der Waals surface area contributed by atoms with Crippen molar-refractivity contribution >= 4 is 23.5 Å². The van der Waals surface area contributed by atoms with Gasteiger partial charge in [-0.2, -0.15) is 0 Å². The Kier molecular flexibility index (Phi) is 3.14. The van der Waals surface area contributed by atoms with Crippen LogP contribution in [0.1, 0.15) is 0 Å². The van der Waals surface area contributed by atoms with Crippen molar-refractivity contribution in [3.8, 4) is 11.5 Å². The molecule has 0 aromatic heterocycles. The number of hydrogen-bond donors (Lipinski definition) is 0. The largest absolute Gasteiger partial charge is 0.496 e. The second-order valence-electron chi connectivity index (χ2n) is 3.78. The normalized spacial score (nSPS) is 12.6. The van der Waals surface area contributed by atoms with Gasteiger partial charge >= 0.3 is 0 Å². The van der Waals surface area contributed by atoms with Crippen LogP contribution in [-0.2, 0) is 0 Å². The molecule has 0 spiro atoms. The van der Waals surface area contributed by atoms with Crippen LogP contribution in [0, 0.1) is 0 Å². The summed E-state index contributed by atoms with van der Waals surface area (Å²) in [5.41, 5.74) is 0. The van der Waals surface area contributed by atoms with Crippen molar-refractivity contribution in [3.63, 3.8) is 0 Å². The zero-order valence-corrected chi connectivity index (χ0v) is 11.7. The summed E-state index contributed by atoms with van der Waals surface area (Å²) in [4.78, 5) is 4.81. The van der Waals surface area contributed by atoms with E-state index < -0.39 is 0 Å². The molecule has 2 nitrogen and oxygen atoms in total. The highest BCUT2D eigenvalue weighted by atomic mass is 32.2. The van der Waals surface area contributed by atoms with Crippen LogP contribution in [0.3, 0.4) is 0 Å². The maximum Gasteiger partial charge on any atom is 0.133 e. The Labute approximate surface area is 115 Å². The van der Waals surface area contributed by atoms with Gasteiger partial charge < -0.3 is 9.47 Å². The van der Waals surface area contributed by atoms with E-state index in [1.807, 2.05) is 24.3 Å². The third-order valence-electron chi connectivity index (χ3n) is 2.75. The lowest BCUT2D eigenvalue weighted by Crippen LogP contribution is -1.95. The van der Waals surface area contributed by atoms with Crippen LogP contribution in [0.2, 0.25) is 0 Å². The molecule has 0 N–H and O–H groups in total. The molecule has 4 heteroatoms. The molecule has 3 rings (SSSR count). The van der Waals surface area contributed by atoms with Gasteiger partial charge in [-0.3, -0.25) is 0 Å². The summed E-state index contributed by atoms with van der Waals surface area (Å²) < 4.78 is 10.8. The quantitative estimate of drug-likeness (QED) is 0.693. The minimum Gasteiger partial charge on any atom is -0.496 e. The molecule has 0 amide bonds. The molecule has 1 aliphatic rings. The number of benzene rings is 2. The maximum absolute atomic E-state index is 5.42. The van der Waals surface area contributed by atoms with E-state index in [9.17, 15) is 0 Å². The Morgan fingerprint density at radius 2 is 1.17 bits per heavy atom. The average Bonchev–Trinajstić information content (AvgIpc) is 2.43. The molecule has 0 aliphatic carbocycles. The van der Waals surface area contributed by atoms with Crippen LogP contribution in [0.5, 0.6) is 11.5 Å². The minimum absolute atomic E-state index is 0.929. The van der Waals surface area contributed by atoms with Gasteiger partial charge in [-0.25, -0.2) is 0 Å². The van der Waals surface area contributed by atoms with Gasteiger partial charge in [-0.1, -0.05) is 35.7 Å². The van der Waals surface area contributed by atoms with E-state index in [4.69, 9.17) is 9.47 Å². The lowest BCUT2D eigenvalue weighted by molar-refractivity contribution is 0.400. The summed E-state index contributed by atoms with van der Waals surface area (Å²) in [7, 11) is 3.42. The summed E-state index contributed by atoms with van der Waals surface area (Å²) in [5, 5.41) is 0. The van der Waals surface area contributed by atoms with E-state index in [1.165, 1.54) is 19.6 Å². The summed E-state index contributed by atoms with van der Waals surface area (Å²) in [6.45, 7) is 0. The summed E-state index contributed by atoms with van der Waals surface area (Å²) in [5.74, 6) is 1.86. The molecule has 2 aromatic rings. The molecule has 1 heterocycles. The zero-order chi connectivity index (χ0) is 12.5. The molecule has 0 atom stereocenters. The third kappa shape index (κ3) is 1.85. The summed E-state index contributed by atoms with van der Waals surface area (Å²) >= 11 is 3.47. The first-order valence-electron chi connectivity index (χ1n) is 5.53. The van der Waals surface area contributed by atoms with Gasteiger partial charge in [-0.15, -0.1) is 0 Å². The van der Waals surface area contributed by atoms with Gasteiger partial charge in [0, 0.05) is 9.79 Å². The van der Waals surface area contributed by atoms with Crippen LogP contribution in [0.4, 0.5) is 0 Å². The first-order chi connectivity index (χ1) is 8.83. The first-order valence-corrected chi connectivity index (χ1v) is 7.16. The highest BCUT2D eigenvalue weighted by molar-refractivity contribution is 8.05. The van der Waals surface area contributed by atoms with Gasteiger partial charge in [0.05, 0.1) is 24.0 Å². The van der Waals surface area contributed by atoms with Crippen LogP contribution in [0.15, 0.2) is 56.0 Å². The van der Waals surface area contributed by atoms with Crippen molar-refractivity contribution in [1.82, 2.24) is 0 Å². The fourth-order valence-corrected chi connectivity index (χ4v) is 4.36. The molecule has 0 fully saturated rings. The van der Waals surface area contributed by atoms with E-state index in [-0.39, 0.29) is 0 Å². The molecule has 0 saturated heterocycles. The predicted octanol–water partition coefficient (Wildman–Crippen LogP) is 4.32. The number of methoxy groups -OCH3 is 2. The van der Waals surface area contributed by atoms with E-state index >= 15 is 0 Å². The van der Waals surface area contributed by atoms with Gasteiger partial charge in [0.2, 0.25) is 0 Å². The molecular weight excluding hydrogens is 264 g/mol. The second kappa shape index (κ2) is 4.78. The molecule has 0 unspecified atom stereocenters. The topological polar surface area (TPSA) is 18.5 Å². The molecule has 0 bridgehead atoms. The van der Waals surface area contributed by atoms with Crippen molar-refractivity contribution in [1.29, 1.82) is 0 Å². The van der Waals surface area contributed by atoms with Crippen LogP contribution < -0.4 is 9.47 Å². The van der Waals surface area contributed by atoms with E-state index in [1.54, 1.807) is 37.7 Å². The summed E-state index contributed by atoms with van der Waals surface area (Å²) in [6.07, 6.45) is 0. The number of fused-ring (bicyclic) bond motifs is 2. The van der Waals surface area contributed by atoms with Crippen molar-refractivity contribution in [2.45, 2.75) is 19.6 Å². The standard InChI is InChI=1S/C14H12O2S2/c1-15-9-5-3-7-11-13(9)17-12-8-4-6-10(16-2)14(12)18-11/h3-8H,1-2H3. The lowest BCUT2D eigenvalue weighted by Gasteiger charge is -2.21. The van der Waals surface area contributed by atoms with E-state index in [0.717, 1.165) is 11.5 Å². The Balaban J connectivity index is 2.11. The highest BCUT2D eigenvalue weighted by Crippen LogP contribution is 2.54. The molecule has 92 valence electrons. The SMILES string of the molecule is COc1cccc2c1Sc1cccc(OC)c1S2. The van der Waals surface area contributed by atoms with Crippen molar-refractivity contribution in [2.24, 2.45) is 0 Å². The third-order valence-corrected chi connectivity index (χ3v) is 5.38. The van der Waals surface area contributed by atoms with Crippen molar-refractivity contribution in [2.75, 3.05) is 14.2 Å². The minimum atomic E-state index is 0.929. The number of hydrogen-bond acceptors (Lipinski definition) is 4.